The molecule has 3 unspecified atom stereocenters. The summed E-state index contributed by atoms with van der Waals surface area (Å²) < 4.78 is 0. The lowest BCUT2D eigenvalue weighted by Gasteiger charge is -2.29. The van der Waals surface area contributed by atoms with Crippen LogP contribution in [0.2, 0.25) is 0 Å². The first-order valence-electron chi connectivity index (χ1n) is 11.8. The lowest BCUT2D eigenvalue weighted by Crippen LogP contribution is -2.52. The molecular formula is C28H31N3O3. The first-order valence-corrected chi connectivity index (χ1v) is 11.8. The molecule has 34 heavy (non-hydrogen) atoms. The number of imide groups is 1. The van der Waals surface area contributed by atoms with Crippen molar-refractivity contribution in [2.24, 2.45) is 11.8 Å². The minimum absolute atomic E-state index is 0.163. The Morgan fingerprint density at radius 1 is 1.06 bits per heavy atom. The van der Waals surface area contributed by atoms with Crippen LogP contribution in [0.1, 0.15) is 42.6 Å². The van der Waals surface area contributed by atoms with Gasteiger partial charge in [0.2, 0.25) is 11.8 Å². The third kappa shape index (κ3) is 5.45. The van der Waals surface area contributed by atoms with E-state index in [2.05, 4.69) is 67.5 Å². The third-order valence-electron chi connectivity index (χ3n) is 6.34. The number of rotatable bonds is 4. The summed E-state index contributed by atoms with van der Waals surface area (Å²) in [5, 5.41) is 5.79. The summed E-state index contributed by atoms with van der Waals surface area (Å²) >= 11 is 0. The smallest absolute Gasteiger partial charge is 0.255 e. The topological polar surface area (TPSA) is 78.5 Å². The van der Waals surface area contributed by atoms with E-state index < -0.39 is 11.9 Å². The fourth-order valence-corrected chi connectivity index (χ4v) is 4.36. The molecule has 3 atom stereocenters. The SMILES string of the molecule is C=C1C=C(CNc2ccc3c(c2)CN(C2CCC(=O)NC2=O)C3=O)/C=C\C(C)/C=C\C(C)/C=C\1. The summed E-state index contributed by atoms with van der Waals surface area (Å²) in [5.41, 5.74) is 4.44. The molecule has 0 spiro atoms. The van der Waals surface area contributed by atoms with Gasteiger partial charge >= 0.3 is 0 Å². The molecule has 0 aromatic heterocycles. The number of hydrogen-bond acceptors (Lipinski definition) is 4. The van der Waals surface area contributed by atoms with Gasteiger partial charge in [0.05, 0.1) is 0 Å². The fraction of sp³-hybridized carbons (Fsp3) is 0.321. The number of hydrogen-bond donors (Lipinski definition) is 2. The molecule has 6 nitrogen and oxygen atoms in total. The average Bonchev–Trinajstić information content (AvgIpc) is 3.12. The molecule has 1 aromatic rings. The average molecular weight is 458 g/mol. The second-order valence-corrected chi connectivity index (χ2v) is 9.24. The molecule has 1 fully saturated rings. The van der Waals surface area contributed by atoms with Gasteiger partial charge in [-0.25, -0.2) is 0 Å². The highest BCUT2D eigenvalue weighted by molar-refractivity contribution is 6.05. The Morgan fingerprint density at radius 3 is 2.53 bits per heavy atom. The summed E-state index contributed by atoms with van der Waals surface area (Å²) in [6.07, 6.45) is 15.6. The van der Waals surface area contributed by atoms with Crippen LogP contribution in [0.25, 0.3) is 0 Å². The summed E-state index contributed by atoms with van der Waals surface area (Å²) in [6, 6.07) is 5.07. The lowest BCUT2D eigenvalue weighted by molar-refractivity contribution is -0.136. The van der Waals surface area contributed by atoms with Gasteiger partial charge in [0.25, 0.3) is 5.91 Å². The highest BCUT2D eigenvalue weighted by Gasteiger charge is 2.39. The number of amides is 3. The van der Waals surface area contributed by atoms with Crippen molar-refractivity contribution in [3.8, 4) is 0 Å². The molecule has 2 N–H and O–H groups in total. The zero-order valence-corrected chi connectivity index (χ0v) is 19.7. The van der Waals surface area contributed by atoms with Crippen molar-refractivity contribution in [2.45, 2.75) is 39.3 Å². The van der Waals surface area contributed by atoms with Gasteiger partial charge in [0.1, 0.15) is 6.04 Å². The largest absolute Gasteiger partial charge is 0.381 e. The third-order valence-corrected chi connectivity index (χ3v) is 6.34. The molecule has 0 bridgehead atoms. The van der Waals surface area contributed by atoms with E-state index in [1.54, 1.807) is 4.90 Å². The van der Waals surface area contributed by atoms with E-state index in [9.17, 15) is 14.4 Å². The Bertz CT molecular complexity index is 1140. The molecule has 3 amide bonds. The number of piperidine rings is 1. The Balaban J connectivity index is 1.46. The summed E-state index contributed by atoms with van der Waals surface area (Å²) in [4.78, 5) is 38.2. The van der Waals surface area contributed by atoms with Crippen molar-refractivity contribution < 1.29 is 14.4 Å². The minimum Gasteiger partial charge on any atom is -0.381 e. The quantitative estimate of drug-likeness (QED) is 0.522. The molecule has 2 aliphatic heterocycles. The molecule has 176 valence electrons. The number of carbonyl (C=O) groups is 3. The van der Waals surface area contributed by atoms with Crippen molar-refractivity contribution in [3.05, 3.63) is 89.6 Å². The van der Waals surface area contributed by atoms with Gasteiger partial charge in [-0.1, -0.05) is 63.0 Å². The van der Waals surface area contributed by atoms with Gasteiger partial charge in [0.15, 0.2) is 0 Å². The van der Waals surface area contributed by atoms with Crippen LogP contribution in [-0.4, -0.2) is 35.2 Å². The standard InChI is InChI=1S/C28H31N3O3/c1-18-4-5-19(2)8-9-21(14-20(3)7-6-18)16-29-23-10-11-24-22(15-23)17-31(28(24)34)25-12-13-26(32)30-27(25)33/h4-11,14-15,18-19,25,29H,3,12-13,16-17H2,1-2H3,(H,30,32,33)/b5-4-,7-6-,9-8-,21-14?. The maximum atomic E-state index is 12.9. The Morgan fingerprint density at radius 2 is 1.79 bits per heavy atom. The number of nitrogens with one attached hydrogen (secondary N) is 2. The molecule has 0 saturated carbocycles. The van der Waals surface area contributed by atoms with Crippen molar-refractivity contribution in [3.63, 3.8) is 0 Å². The molecule has 3 aliphatic rings. The predicted molar refractivity (Wildman–Crippen MR) is 134 cm³/mol. The van der Waals surface area contributed by atoms with Crippen LogP contribution in [0.5, 0.6) is 0 Å². The predicted octanol–water partition coefficient (Wildman–Crippen LogP) is 4.30. The Hall–Kier alpha value is -3.67. The highest BCUT2D eigenvalue weighted by atomic mass is 16.2. The first-order chi connectivity index (χ1) is 16.3. The summed E-state index contributed by atoms with van der Waals surface area (Å²) in [6.45, 7) is 9.44. The van der Waals surface area contributed by atoms with Crippen molar-refractivity contribution in [2.75, 3.05) is 11.9 Å². The second kappa shape index (κ2) is 10.1. The number of anilines is 1. The van der Waals surface area contributed by atoms with E-state index in [0.29, 0.717) is 36.9 Å². The van der Waals surface area contributed by atoms with Gasteiger partial charge in [0, 0.05) is 30.8 Å². The molecular weight excluding hydrogens is 426 g/mol. The van der Waals surface area contributed by atoms with E-state index in [-0.39, 0.29) is 18.2 Å². The van der Waals surface area contributed by atoms with Gasteiger partial charge in [-0.15, -0.1) is 0 Å². The zero-order chi connectivity index (χ0) is 24.2. The summed E-state index contributed by atoms with van der Waals surface area (Å²) in [5.74, 6) is -0.155. The number of allylic oxidation sites excluding steroid dienone is 7. The van der Waals surface area contributed by atoms with Gasteiger partial charge in [-0.2, -0.15) is 0 Å². The van der Waals surface area contributed by atoms with Gasteiger partial charge in [-0.05, 0) is 53.2 Å². The molecule has 1 aliphatic carbocycles. The van der Waals surface area contributed by atoms with Crippen LogP contribution in [0.3, 0.4) is 0 Å². The fourth-order valence-electron chi connectivity index (χ4n) is 4.36. The van der Waals surface area contributed by atoms with Crippen molar-refractivity contribution in [1.29, 1.82) is 0 Å². The van der Waals surface area contributed by atoms with Gasteiger partial charge in [-0.3, -0.25) is 19.7 Å². The van der Waals surface area contributed by atoms with E-state index in [1.807, 2.05) is 24.3 Å². The second-order valence-electron chi connectivity index (χ2n) is 9.24. The van der Waals surface area contributed by atoms with E-state index in [1.165, 1.54) is 0 Å². The monoisotopic (exact) mass is 457 g/mol. The van der Waals surface area contributed by atoms with Crippen LogP contribution < -0.4 is 10.6 Å². The van der Waals surface area contributed by atoms with Crippen LogP contribution in [0.4, 0.5) is 5.69 Å². The van der Waals surface area contributed by atoms with Crippen molar-refractivity contribution >= 4 is 23.4 Å². The maximum Gasteiger partial charge on any atom is 0.255 e. The summed E-state index contributed by atoms with van der Waals surface area (Å²) in [7, 11) is 0. The van der Waals surface area contributed by atoms with Crippen LogP contribution in [0.15, 0.2) is 78.5 Å². The number of fused-ring (bicyclic) bond motifs is 1. The first kappa shape index (κ1) is 23.5. The lowest BCUT2D eigenvalue weighted by atomic mass is 10.0. The van der Waals surface area contributed by atoms with E-state index in [0.717, 1.165) is 22.4 Å². The molecule has 1 aromatic carbocycles. The maximum absolute atomic E-state index is 12.9. The highest BCUT2D eigenvalue weighted by Crippen LogP contribution is 2.29. The molecule has 4 rings (SSSR count). The zero-order valence-electron chi connectivity index (χ0n) is 19.7. The van der Waals surface area contributed by atoms with Crippen LogP contribution in [0, 0.1) is 11.8 Å². The molecule has 2 heterocycles. The Kier molecular flexibility index (Phi) is 6.96. The molecule has 1 saturated heterocycles. The van der Waals surface area contributed by atoms with Crippen molar-refractivity contribution in [1.82, 2.24) is 10.2 Å². The molecule has 0 radical (unpaired) electrons. The number of benzene rings is 1. The normalized spacial score (nSPS) is 27.9. The van der Waals surface area contributed by atoms with Crippen LogP contribution >= 0.6 is 0 Å². The van der Waals surface area contributed by atoms with E-state index in [4.69, 9.17) is 0 Å². The number of nitrogens with zero attached hydrogens (tertiary/aromatic N) is 1. The Labute approximate surface area is 200 Å². The van der Waals surface area contributed by atoms with Crippen LogP contribution in [-0.2, 0) is 16.1 Å². The van der Waals surface area contributed by atoms with E-state index >= 15 is 0 Å². The minimum atomic E-state index is -0.603. The van der Waals surface area contributed by atoms with Gasteiger partial charge < -0.3 is 10.2 Å². The number of carbonyl (C=O) groups excluding carboxylic acids is 3. The molecule has 6 heteroatoms.